The molecule has 0 aliphatic carbocycles. The molecule has 0 aromatic carbocycles. The van der Waals surface area contributed by atoms with Crippen LogP contribution in [0.1, 0.15) is 38.4 Å². The SMILES string of the molecule is CCCCn1nnnc1CN1CCC(C(=O)O)CC1. The van der Waals surface area contributed by atoms with E-state index < -0.39 is 5.97 Å². The lowest BCUT2D eigenvalue weighted by Crippen LogP contribution is -2.36. The number of likely N-dealkylation sites (tertiary alicyclic amines) is 1. The number of aliphatic carboxylic acids is 1. The summed E-state index contributed by atoms with van der Waals surface area (Å²) >= 11 is 0. The Bertz CT molecular complexity index is 412. The number of piperidine rings is 1. The number of hydrogen-bond acceptors (Lipinski definition) is 5. The van der Waals surface area contributed by atoms with Gasteiger partial charge in [-0.05, 0) is 42.8 Å². The second-order valence-electron chi connectivity index (χ2n) is 5.06. The molecule has 1 aliphatic rings. The first-order chi connectivity index (χ1) is 9.20. The van der Waals surface area contributed by atoms with Gasteiger partial charge in [-0.25, -0.2) is 4.68 Å². The van der Waals surface area contributed by atoms with Gasteiger partial charge in [0, 0.05) is 6.54 Å². The van der Waals surface area contributed by atoms with Gasteiger partial charge in [0.25, 0.3) is 0 Å². The summed E-state index contributed by atoms with van der Waals surface area (Å²) in [4.78, 5) is 13.1. The molecule has 19 heavy (non-hydrogen) atoms. The van der Waals surface area contributed by atoms with E-state index in [0.717, 1.165) is 38.3 Å². The van der Waals surface area contributed by atoms with Gasteiger partial charge in [-0.15, -0.1) is 5.10 Å². The van der Waals surface area contributed by atoms with E-state index >= 15 is 0 Å². The third-order valence-corrected chi connectivity index (χ3v) is 3.63. The molecular formula is C12H21N5O2. The fourth-order valence-corrected chi connectivity index (χ4v) is 2.36. The van der Waals surface area contributed by atoms with E-state index in [1.807, 2.05) is 4.68 Å². The van der Waals surface area contributed by atoms with Crippen LogP contribution in [0.3, 0.4) is 0 Å². The molecule has 0 spiro atoms. The summed E-state index contributed by atoms with van der Waals surface area (Å²) in [5.74, 6) is 0.0157. The van der Waals surface area contributed by atoms with Gasteiger partial charge in [0.05, 0.1) is 12.5 Å². The summed E-state index contributed by atoms with van der Waals surface area (Å²) in [6.07, 6.45) is 3.61. The highest BCUT2D eigenvalue weighted by Crippen LogP contribution is 2.18. The maximum Gasteiger partial charge on any atom is 0.306 e. The van der Waals surface area contributed by atoms with Crippen LogP contribution in [0.15, 0.2) is 0 Å². The first kappa shape index (κ1) is 13.9. The number of aromatic nitrogens is 4. The molecule has 0 radical (unpaired) electrons. The fraction of sp³-hybridized carbons (Fsp3) is 0.833. The maximum atomic E-state index is 10.9. The monoisotopic (exact) mass is 267 g/mol. The Kier molecular flexibility index (Phi) is 4.84. The summed E-state index contributed by atoms with van der Waals surface area (Å²) in [6, 6.07) is 0. The van der Waals surface area contributed by atoms with Crippen LogP contribution < -0.4 is 0 Å². The summed E-state index contributed by atoms with van der Waals surface area (Å²) in [5.41, 5.74) is 0. The predicted molar refractivity (Wildman–Crippen MR) is 68.4 cm³/mol. The van der Waals surface area contributed by atoms with E-state index in [-0.39, 0.29) is 5.92 Å². The van der Waals surface area contributed by atoms with Crippen molar-refractivity contribution in [1.29, 1.82) is 0 Å². The van der Waals surface area contributed by atoms with Crippen molar-refractivity contribution < 1.29 is 9.90 Å². The van der Waals surface area contributed by atoms with Crippen molar-refractivity contribution in [2.24, 2.45) is 5.92 Å². The minimum atomic E-state index is -0.674. The Morgan fingerprint density at radius 2 is 2.16 bits per heavy atom. The molecule has 0 saturated carbocycles. The highest BCUT2D eigenvalue weighted by Gasteiger charge is 2.25. The van der Waals surface area contributed by atoms with Gasteiger partial charge in [0.2, 0.25) is 0 Å². The second-order valence-corrected chi connectivity index (χ2v) is 5.06. The van der Waals surface area contributed by atoms with E-state index in [2.05, 4.69) is 27.3 Å². The molecule has 2 heterocycles. The number of nitrogens with zero attached hydrogens (tertiary/aromatic N) is 5. The molecule has 1 saturated heterocycles. The van der Waals surface area contributed by atoms with Crippen LogP contribution in [0.25, 0.3) is 0 Å². The van der Waals surface area contributed by atoms with Crippen molar-refractivity contribution >= 4 is 5.97 Å². The smallest absolute Gasteiger partial charge is 0.306 e. The third kappa shape index (κ3) is 3.73. The van der Waals surface area contributed by atoms with Gasteiger partial charge in [-0.3, -0.25) is 9.69 Å². The van der Waals surface area contributed by atoms with Crippen molar-refractivity contribution in [2.45, 2.75) is 45.7 Å². The van der Waals surface area contributed by atoms with Crippen LogP contribution in [-0.4, -0.2) is 49.3 Å². The second kappa shape index (κ2) is 6.60. The van der Waals surface area contributed by atoms with Gasteiger partial charge in [-0.2, -0.15) is 0 Å². The molecule has 1 aromatic rings. The molecule has 0 amide bonds. The van der Waals surface area contributed by atoms with Crippen LogP contribution >= 0.6 is 0 Å². The first-order valence-corrected chi connectivity index (χ1v) is 6.91. The average Bonchev–Trinajstić information content (AvgIpc) is 2.84. The van der Waals surface area contributed by atoms with Crippen LogP contribution in [0.5, 0.6) is 0 Å². The zero-order valence-electron chi connectivity index (χ0n) is 11.3. The van der Waals surface area contributed by atoms with Crippen molar-refractivity contribution in [1.82, 2.24) is 25.1 Å². The minimum Gasteiger partial charge on any atom is -0.481 e. The number of hydrogen-bond donors (Lipinski definition) is 1. The van der Waals surface area contributed by atoms with E-state index in [1.165, 1.54) is 0 Å². The fourth-order valence-electron chi connectivity index (χ4n) is 2.36. The standard InChI is InChI=1S/C12H21N5O2/c1-2-3-6-17-11(13-14-15-17)9-16-7-4-10(5-8-16)12(18)19/h10H,2-9H2,1H3,(H,18,19). The van der Waals surface area contributed by atoms with Gasteiger partial charge in [0.1, 0.15) is 0 Å². The van der Waals surface area contributed by atoms with Gasteiger partial charge < -0.3 is 5.11 Å². The van der Waals surface area contributed by atoms with Crippen molar-refractivity contribution in [3.05, 3.63) is 5.82 Å². The lowest BCUT2D eigenvalue weighted by Gasteiger charge is -2.29. The zero-order valence-corrected chi connectivity index (χ0v) is 11.3. The quantitative estimate of drug-likeness (QED) is 0.819. The Balaban J connectivity index is 1.85. The van der Waals surface area contributed by atoms with Crippen molar-refractivity contribution in [3.63, 3.8) is 0 Å². The average molecular weight is 267 g/mol. The summed E-state index contributed by atoms with van der Waals surface area (Å²) in [6.45, 7) is 5.31. The van der Waals surface area contributed by atoms with Crippen LogP contribution in [0.4, 0.5) is 0 Å². The van der Waals surface area contributed by atoms with Crippen LogP contribution in [0, 0.1) is 5.92 Å². The summed E-state index contributed by atoms with van der Waals surface area (Å²) < 4.78 is 1.85. The number of carboxylic acid groups (broad SMARTS) is 1. The normalized spacial score (nSPS) is 17.7. The Morgan fingerprint density at radius 1 is 1.42 bits per heavy atom. The molecule has 1 fully saturated rings. The number of aryl methyl sites for hydroxylation is 1. The first-order valence-electron chi connectivity index (χ1n) is 6.91. The molecular weight excluding hydrogens is 246 g/mol. The van der Waals surface area contributed by atoms with E-state index in [0.29, 0.717) is 19.4 Å². The lowest BCUT2D eigenvalue weighted by molar-refractivity contribution is -0.143. The molecule has 2 rings (SSSR count). The number of unbranched alkanes of at least 4 members (excludes halogenated alkanes) is 1. The molecule has 7 nitrogen and oxygen atoms in total. The molecule has 106 valence electrons. The minimum absolute atomic E-state index is 0.188. The van der Waals surface area contributed by atoms with Crippen LogP contribution in [0.2, 0.25) is 0 Å². The molecule has 1 aliphatic heterocycles. The van der Waals surface area contributed by atoms with Gasteiger partial charge in [-0.1, -0.05) is 13.3 Å². The number of rotatable bonds is 6. The molecule has 0 bridgehead atoms. The Morgan fingerprint density at radius 3 is 2.79 bits per heavy atom. The lowest BCUT2D eigenvalue weighted by atomic mass is 9.97. The van der Waals surface area contributed by atoms with E-state index in [4.69, 9.17) is 5.11 Å². The number of tetrazole rings is 1. The van der Waals surface area contributed by atoms with Gasteiger partial charge in [0.15, 0.2) is 5.82 Å². The van der Waals surface area contributed by atoms with E-state index in [1.54, 1.807) is 0 Å². The Hall–Kier alpha value is -1.50. The molecule has 0 unspecified atom stereocenters. The summed E-state index contributed by atoms with van der Waals surface area (Å²) in [5, 5.41) is 20.8. The van der Waals surface area contributed by atoms with Crippen molar-refractivity contribution in [2.75, 3.05) is 13.1 Å². The van der Waals surface area contributed by atoms with E-state index in [9.17, 15) is 4.79 Å². The van der Waals surface area contributed by atoms with Gasteiger partial charge >= 0.3 is 5.97 Å². The molecule has 0 atom stereocenters. The summed E-state index contributed by atoms with van der Waals surface area (Å²) in [7, 11) is 0. The number of carbonyl (C=O) groups is 1. The highest BCUT2D eigenvalue weighted by atomic mass is 16.4. The Labute approximate surface area is 112 Å². The third-order valence-electron chi connectivity index (χ3n) is 3.63. The van der Waals surface area contributed by atoms with Crippen molar-refractivity contribution in [3.8, 4) is 0 Å². The van der Waals surface area contributed by atoms with Crippen LogP contribution in [-0.2, 0) is 17.9 Å². The zero-order chi connectivity index (χ0) is 13.7. The topological polar surface area (TPSA) is 84.1 Å². The molecule has 7 heteroatoms. The molecule has 1 N–H and O–H groups in total. The number of carboxylic acids is 1. The predicted octanol–water partition coefficient (Wildman–Crippen LogP) is 0.770. The largest absolute Gasteiger partial charge is 0.481 e. The highest BCUT2D eigenvalue weighted by molar-refractivity contribution is 5.70. The maximum absolute atomic E-state index is 10.9. The molecule has 1 aromatic heterocycles.